The van der Waals surface area contributed by atoms with E-state index in [0.29, 0.717) is 37.3 Å². The number of rotatable bonds is 5. The lowest BCUT2D eigenvalue weighted by atomic mass is 10.1. The van der Waals surface area contributed by atoms with Gasteiger partial charge in [-0.25, -0.2) is 8.78 Å². The van der Waals surface area contributed by atoms with Crippen LogP contribution in [0.3, 0.4) is 0 Å². The second-order valence-corrected chi connectivity index (χ2v) is 5.02. The van der Waals surface area contributed by atoms with E-state index >= 15 is 0 Å². The van der Waals surface area contributed by atoms with Gasteiger partial charge in [-0.3, -0.25) is 4.79 Å². The maximum Gasteiger partial charge on any atom is 0.230 e. The van der Waals surface area contributed by atoms with Crippen LogP contribution in [0.1, 0.15) is 6.42 Å². The minimum absolute atomic E-state index is 0.194. The molecular formula is C14H16F2N2O4. The van der Waals surface area contributed by atoms with Crippen LogP contribution < -0.4 is 15.3 Å². The zero-order chi connectivity index (χ0) is 16.1. The topological polar surface area (TPSA) is 82.9 Å². The number of carboxylic acids is 1. The molecule has 0 radical (unpaired) electrons. The average molecular weight is 314 g/mol. The van der Waals surface area contributed by atoms with Crippen molar-refractivity contribution in [3.8, 4) is 0 Å². The second-order valence-electron chi connectivity index (χ2n) is 5.02. The van der Waals surface area contributed by atoms with Gasteiger partial charge in [0, 0.05) is 6.07 Å². The fourth-order valence-electron chi connectivity index (χ4n) is 2.35. The summed E-state index contributed by atoms with van der Waals surface area (Å²) in [5.41, 5.74) is -0.194. The summed E-state index contributed by atoms with van der Waals surface area (Å²) in [6.45, 7) is 1.73. The number of hydrogen-bond donors (Lipinski definition) is 2. The number of anilines is 1. The third kappa shape index (κ3) is 4.22. The number of quaternary nitrogens is 1. The fourth-order valence-corrected chi connectivity index (χ4v) is 2.35. The van der Waals surface area contributed by atoms with E-state index in [-0.39, 0.29) is 12.1 Å². The van der Waals surface area contributed by atoms with Crippen LogP contribution >= 0.6 is 0 Å². The molecule has 1 atom stereocenters. The van der Waals surface area contributed by atoms with Crippen molar-refractivity contribution >= 4 is 17.6 Å². The number of morpholine rings is 1. The Morgan fingerprint density at radius 2 is 2.00 bits per heavy atom. The Kier molecular flexibility index (Phi) is 5.40. The van der Waals surface area contributed by atoms with E-state index < -0.39 is 29.6 Å². The van der Waals surface area contributed by atoms with Crippen molar-refractivity contribution in [3.63, 3.8) is 0 Å². The zero-order valence-electron chi connectivity index (χ0n) is 11.7. The number of ether oxygens (including phenoxy) is 1. The van der Waals surface area contributed by atoms with Crippen LogP contribution in [-0.4, -0.2) is 44.2 Å². The van der Waals surface area contributed by atoms with E-state index in [0.717, 1.165) is 12.1 Å². The average Bonchev–Trinajstić information content (AvgIpc) is 2.48. The summed E-state index contributed by atoms with van der Waals surface area (Å²) in [6, 6.07) is 1.69. The molecule has 1 aromatic carbocycles. The predicted octanol–water partition coefficient (Wildman–Crippen LogP) is -1.67. The number of hydrogen-bond acceptors (Lipinski definition) is 4. The fraction of sp³-hybridized carbons (Fsp3) is 0.429. The molecule has 1 amide bonds. The summed E-state index contributed by atoms with van der Waals surface area (Å²) >= 11 is 0. The first-order valence-electron chi connectivity index (χ1n) is 6.85. The van der Waals surface area contributed by atoms with E-state index in [9.17, 15) is 23.5 Å². The van der Waals surface area contributed by atoms with Gasteiger partial charge in [-0.05, 0) is 12.1 Å². The molecule has 1 saturated heterocycles. The van der Waals surface area contributed by atoms with Gasteiger partial charge >= 0.3 is 0 Å². The molecule has 1 aliphatic heterocycles. The Morgan fingerprint density at radius 1 is 1.32 bits per heavy atom. The number of nitrogens with one attached hydrogen (secondary N) is 2. The van der Waals surface area contributed by atoms with Gasteiger partial charge in [0.05, 0.1) is 31.3 Å². The molecule has 0 aliphatic carbocycles. The van der Waals surface area contributed by atoms with Crippen LogP contribution in [0.4, 0.5) is 14.5 Å². The summed E-state index contributed by atoms with van der Waals surface area (Å²) < 4.78 is 31.4. The quantitative estimate of drug-likeness (QED) is 0.681. The SMILES string of the molecule is O=C(C[C@@H](C(=O)[O-])[NH+]1CCOCC1)Nc1ccc(F)cc1F. The van der Waals surface area contributed by atoms with Gasteiger partial charge in [-0.2, -0.15) is 0 Å². The largest absolute Gasteiger partial charge is 0.544 e. The van der Waals surface area contributed by atoms with Gasteiger partial charge in [0.2, 0.25) is 5.91 Å². The van der Waals surface area contributed by atoms with Crippen LogP contribution in [0.2, 0.25) is 0 Å². The Balaban J connectivity index is 2.00. The van der Waals surface area contributed by atoms with Gasteiger partial charge in [0.25, 0.3) is 0 Å². The Bertz CT molecular complexity index is 562. The first-order valence-corrected chi connectivity index (χ1v) is 6.85. The minimum Gasteiger partial charge on any atom is -0.544 e. The third-order valence-electron chi connectivity index (χ3n) is 3.51. The molecule has 0 saturated carbocycles. The number of aliphatic carboxylic acids is 1. The van der Waals surface area contributed by atoms with Gasteiger partial charge < -0.3 is 24.9 Å². The lowest BCUT2D eigenvalue weighted by molar-refractivity contribution is -0.925. The molecule has 2 rings (SSSR count). The van der Waals surface area contributed by atoms with Crippen LogP contribution in [0.5, 0.6) is 0 Å². The monoisotopic (exact) mass is 314 g/mol. The maximum atomic E-state index is 13.5. The van der Waals surface area contributed by atoms with Gasteiger partial charge in [0.15, 0.2) is 0 Å². The molecule has 1 heterocycles. The molecule has 22 heavy (non-hydrogen) atoms. The van der Waals surface area contributed by atoms with Crippen molar-refractivity contribution in [1.29, 1.82) is 0 Å². The van der Waals surface area contributed by atoms with E-state index in [1.165, 1.54) is 0 Å². The Morgan fingerprint density at radius 3 is 2.59 bits per heavy atom. The molecule has 6 nitrogen and oxygen atoms in total. The van der Waals surface area contributed by atoms with Gasteiger partial charge in [-0.1, -0.05) is 0 Å². The highest BCUT2D eigenvalue weighted by molar-refractivity contribution is 5.93. The highest BCUT2D eigenvalue weighted by Gasteiger charge is 2.28. The number of carboxylic acid groups (broad SMARTS) is 1. The molecule has 1 aliphatic rings. The number of halogens is 2. The van der Waals surface area contributed by atoms with Gasteiger partial charge in [-0.15, -0.1) is 0 Å². The molecule has 0 bridgehead atoms. The molecule has 120 valence electrons. The Labute approximate surface area is 125 Å². The molecule has 0 spiro atoms. The smallest absolute Gasteiger partial charge is 0.230 e. The van der Waals surface area contributed by atoms with E-state index in [2.05, 4.69) is 5.32 Å². The summed E-state index contributed by atoms with van der Waals surface area (Å²) in [6.07, 6.45) is -0.353. The van der Waals surface area contributed by atoms with Crippen molar-refractivity contribution < 1.29 is 33.1 Å². The summed E-state index contributed by atoms with van der Waals surface area (Å²) in [5.74, 6) is -3.69. The van der Waals surface area contributed by atoms with Crippen molar-refractivity contribution in [3.05, 3.63) is 29.8 Å². The summed E-state index contributed by atoms with van der Waals surface area (Å²) in [7, 11) is 0. The van der Waals surface area contributed by atoms with Crippen LogP contribution in [-0.2, 0) is 14.3 Å². The molecule has 1 fully saturated rings. The van der Waals surface area contributed by atoms with Crippen molar-refractivity contribution in [2.75, 3.05) is 31.6 Å². The second kappa shape index (κ2) is 7.28. The lowest BCUT2D eigenvalue weighted by Gasteiger charge is -2.31. The van der Waals surface area contributed by atoms with Crippen LogP contribution in [0.15, 0.2) is 18.2 Å². The first kappa shape index (κ1) is 16.3. The van der Waals surface area contributed by atoms with Gasteiger partial charge in [0.1, 0.15) is 30.8 Å². The lowest BCUT2D eigenvalue weighted by Crippen LogP contribution is -3.19. The predicted molar refractivity (Wildman–Crippen MR) is 69.9 cm³/mol. The third-order valence-corrected chi connectivity index (χ3v) is 3.51. The number of carbonyl (C=O) groups excluding carboxylic acids is 2. The minimum atomic E-state index is -1.34. The number of carbonyl (C=O) groups is 2. The van der Waals surface area contributed by atoms with Crippen molar-refractivity contribution in [1.82, 2.24) is 0 Å². The van der Waals surface area contributed by atoms with Crippen LogP contribution in [0, 0.1) is 11.6 Å². The highest BCUT2D eigenvalue weighted by atomic mass is 19.1. The molecule has 0 unspecified atom stereocenters. The van der Waals surface area contributed by atoms with Crippen molar-refractivity contribution in [2.24, 2.45) is 0 Å². The molecule has 1 aromatic rings. The maximum absolute atomic E-state index is 13.5. The summed E-state index contributed by atoms with van der Waals surface area (Å²) in [4.78, 5) is 23.8. The van der Waals surface area contributed by atoms with E-state index in [4.69, 9.17) is 4.74 Å². The molecule has 0 aromatic heterocycles. The van der Waals surface area contributed by atoms with E-state index in [1.54, 1.807) is 0 Å². The molecular weight excluding hydrogens is 298 g/mol. The van der Waals surface area contributed by atoms with Crippen molar-refractivity contribution in [2.45, 2.75) is 12.5 Å². The summed E-state index contributed by atoms with van der Waals surface area (Å²) in [5, 5.41) is 13.5. The van der Waals surface area contributed by atoms with Crippen LogP contribution in [0.25, 0.3) is 0 Å². The standard InChI is InChI=1S/C14H16F2N2O4/c15-9-1-2-11(10(16)7-9)17-13(19)8-12(14(20)21)18-3-5-22-6-4-18/h1-2,7,12H,3-6,8H2,(H,17,19)(H,20,21)/t12-/m0/s1. The van der Waals surface area contributed by atoms with E-state index in [1.807, 2.05) is 0 Å². The molecule has 8 heteroatoms. The number of benzene rings is 1. The highest BCUT2D eigenvalue weighted by Crippen LogP contribution is 2.15. The normalized spacial score (nSPS) is 17.0. The zero-order valence-corrected chi connectivity index (χ0v) is 11.7. The Hall–Kier alpha value is -2.06. The number of amides is 1. The first-order chi connectivity index (χ1) is 10.5. The molecule has 2 N–H and O–H groups in total.